The Kier molecular flexibility index (Phi) is 5.98. The van der Waals surface area contributed by atoms with Crippen molar-refractivity contribution in [3.8, 4) is 0 Å². The molecule has 1 aliphatic carbocycles. The number of allylic oxidation sites excluding steroid dienone is 2. The van der Waals surface area contributed by atoms with E-state index in [1.54, 1.807) is 18.2 Å². The maximum absolute atomic E-state index is 12.6. The van der Waals surface area contributed by atoms with Gasteiger partial charge < -0.3 is 0 Å². The summed E-state index contributed by atoms with van der Waals surface area (Å²) < 4.78 is 28.0. The van der Waals surface area contributed by atoms with Crippen LogP contribution in [0.15, 0.2) is 54.0 Å². The van der Waals surface area contributed by atoms with Gasteiger partial charge in [0.1, 0.15) is 0 Å². The molecular weight excluding hydrogens is 294 g/mol. The fourth-order valence-electron chi connectivity index (χ4n) is 2.95. The quantitative estimate of drug-likeness (QED) is 0.807. The molecule has 0 aromatic heterocycles. The number of hydrogen-bond acceptors (Lipinski definition) is 2. The number of rotatable bonds is 6. The van der Waals surface area contributed by atoms with Gasteiger partial charge in [-0.05, 0) is 37.8 Å². The molecule has 1 aromatic carbocycles. The summed E-state index contributed by atoms with van der Waals surface area (Å²) in [5, 5.41) is 0. The molecule has 1 atom stereocenters. The van der Waals surface area contributed by atoms with E-state index in [1.165, 1.54) is 19.3 Å². The van der Waals surface area contributed by atoms with Gasteiger partial charge in [-0.1, -0.05) is 61.8 Å². The lowest BCUT2D eigenvalue weighted by molar-refractivity contribution is 0.320. The maximum Gasteiger partial charge on any atom is 0.241 e. The Hall–Kier alpha value is -1.39. The smallest absolute Gasteiger partial charge is 0.207 e. The average Bonchev–Trinajstić information content (AvgIpc) is 2.52. The van der Waals surface area contributed by atoms with Crippen LogP contribution in [0.4, 0.5) is 0 Å². The third-order valence-electron chi connectivity index (χ3n) is 4.23. The minimum absolute atomic E-state index is 0.162. The molecule has 0 spiro atoms. The molecule has 0 unspecified atom stereocenters. The SMILES string of the molecule is C=C/C=C\[C@H](NS(=O)(=O)c1ccc(C)cc1)C1CCCCC1. The highest BCUT2D eigenvalue weighted by molar-refractivity contribution is 7.89. The molecule has 0 heterocycles. The predicted molar refractivity (Wildman–Crippen MR) is 91.2 cm³/mol. The van der Waals surface area contributed by atoms with Crippen LogP contribution in [-0.2, 0) is 10.0 Å². The molecule has 1 fully saturated rings. The van der Waals surface area contributed by atoms with Crippen molar-refractivity contribution in [3.05, 3.63) is 54.6 Å². The molecule has 120 valence electrons. The minimum atomic E-state index is -3.49. The predicted octanol–water partition coefficient (Wildman–Crippen LogP) is 3.96. The summed E-state index contributed by atoms with van der Waals surface area (Å²) in [5.74, 6) is 0.366. The van der Waals surface area contributed by atoms with Crippen molar-refractivity contribution in [2.45, 2.75) is 50.0 Å². The molecule has 1 saturated carbocycles. The molecule has 2 rings (SSSR count). The Balaban J connectivity index is 2.19. The molecule has 0 radical (unpaired) electrons. The third-order valence-corrected chi connectivity index (χ3v) is 5.71. The molecule has 4 heteroatoms. The lowest BCUT2D eigenvalue weighted by Crippen LogP contribution is -2.39. The summed E-state index contributed by atoms with van der Waals surface area (Å²) in [6.07, 6.45) is 11.2. The van der Waals surface area contributed by atoms with Crippen LogP contribution >= 0.6 is 0 Å². The molecule has 0 aliphatic heterocycles. The highest BCUT2D eigenvalue weighted by atomic mass is 32.2. The normalized spacial score (nSPS) is 18.4. The summed E-state index contributed by atoms with van der Waals surface area (Å²) in [6.45, 7) is 5.62. The van der Waals surface area contributed by atoms with Gasteiger partial charge in [-0.3, -0.25) is 0 Å². The van der Waals surface area contributed by atoms with Gasteiger partial charge in [0.05, 0.1) is 4.90 Å². The van der Waals surface area contributed by atoms with Gasteiger partial charge in [0.2, 0.25) is 10.0 Å². The van der Waals surface area contributed by atoms with E-state index in [9.17, 15) is 8.42 Å². The summed E-state index contributed by atoms with van der Waals surface area (Å²) in [5.41, 5.74) is 1.05. The Bertz CT molecular complexity index is 611. The molecule has 0 bridgehead atoms. The fraction of sp³-hybridized carbons (Fsp3) is 0.444. The maximum atomic E-state index is 12.6. The van der Waals surface area contributed by atoms with Crippen LogP contribution in [0, 0.1) is 12.8 Å². The molecule has 1 aliphatic rings. The zero-order valence-corrected chi connectivity index (χ0v) is 14.0. The highest BCUT2D eigenvalue weighted by Crippen LogP contribution is 2.28. The van der Waals surface area contributed by atoms with E-state index in [-0.39, 0.29) is 6.04 Å². The number of sulfonamides is 1. The first-order valence-corrected chi connectivity index (χ1v) is 9.39. The van der Waals surface area contributed by atoms with Crippen molar-refractivity contribution in [3.63, 3.8) is 0 Å². The molecule has 22 heavy (non-hydrogen) atoms. The van der Waals surface area contributed by atoms with Gasteiger partial charge in [-0.15, -0.1) is 0 Å². The van der Waals surface area contributed by atoms with E-state index in [2.05, 4.69) is 11.3 Å². The van der Waals surface area contributed by atoms with E-state index in [0.717, 1.165) is 18.4 Å². The summed E-state index contributed by atoms with van der Waals surface area (Å²) in [4.78, 5) is 0.325. The van der Waals surface area contributed by atoms with Crippen LogP contribution in [0.25, 0.3) is 0 Å². The van der Waals surface area contributed by atoms with Gasteiger partial charge in [0.15, 0.2) is 0 Å². The van der Waals surface area contributed by atoms with Gasteiger partial charge in [-0.25, -0.2) is 13.1 Å². The molecule has 1 aromatic rings. The first kappa shape index (κ1) is 17.0. The standard InChI is InChI=1S/C18H25NO2S/c1-3-4-10-18(16-8-6-5-7-9-16)19-22(20,21)17-13-11-15(2)12-14-17/h3-4,10-14,16,18-19H,1,5-9H2,2H3/b10-4-/t18-/m0/s1. The van der Waals surface area contributed by atoms with Crippen molar-refractivity contribution >= 4 is 10.0 Å². The van der Waals surface area contributed by atoms with Crippen molar-refractivity contribution in [1.82, 2.24) is 4.72 Å². The fourth-order valence-corrected chi connectivity index (χ4v) is 4.21. The van der Waals surface area contributed by atoms with E-state index in [1.807, 2.05) is 31.2 Å². The Morgan fingerprint density at radius 2 is 1.82 bits per heavy atom. The van der Waals surface area contributed by atoms with E-state index < -0.39 is 10.0 Å². The topological polar surface area (TPSA) is 46.2 Å². The Labute approximate surface area is 134 Å². The first-order valence-electron chi connectivity index (χ1n) is 7.91. The zero-order valence-electron chi connectivity index (χ0n) is 13.2. The number of aryl methyl sites for hydroxylation is 1. The highest BCUT2D eigenvalue weighted by Gasteiger charge is 2.26. The first-order chi connectivity index (χ1) is 10.5. The largest absolute Gasteiger partial charge is 0.241 e. The average molecular weight is 319 g/mol. The van der Waals surface area contributed by atoms with Crippen molar-refractivity contribution in [2.24, 2.45) is 5.92 Å². The second kappa shape index (κ2) is 7.75. The van der Waals surface area contributed by atoms with Crippen LogP contribution in [0.2, 0.25) is 0 Å². The summed E-state index contributed by atoms with van der Waals surface area (Å²) in [6, 6.07) is 6.80. The third kappa shape index (κ3) is 4.55. The number of nitrogens with one attached hydrogen (secondary N) is 1. The van der Waals surface area contributed by atoms with E-state index >= 15 is 0 Å². The summed E-state index contributed by atoms with van der Waals surface area (Å²) >= 11 is 0. The molecule has 0 saturated heterocycles. The van der Waals surface area contributed by atoms with Gasteiger partial charge in [0, 0.05) is 6.04 Å². The number of hydrogen-bond donors (Lipinski definition) is 1. The zero-order chi connectivity index (χ0) is 16.0. The van der Waals surface area contributed by atoms with Crippen LogP contribution < -0.4 is 4.72 Å². The van der Waals surface area contributed by atoms with E-state index in [0.29, 0.717) is 10.8 Å². The van der Waals surface area contributed by atoms with Crippen LogP contribution in [0.3, 0.4) is 0 Å². The van der Waals surface area contributed by atoms with Gasteiger partial charge >= 0.3 is 0 Å². The second-order valence-corrected chi connectivity index (χ2v) is 7.69. The van der Waals surface area contributed by atoms with Crippen molar-refractivity contribution in [1.29, 1.82) is 0 Å². The molecule has 3 nitrogen and oxygen atoms in total. The van der Waals surface area contributed by atoms with Crippen LogP contribution in [-0.4, -0.2) is 14.5 Å². The minimum Gasteiger partial charge on any atom is -0.207 e. The van der Waals surface area contributed by atoms with E-state index in [4.69, 9.17) is 0 Å². The second-order valence-electron chi connectivity index (χ2n) is 5.98. The lowest BCUT2D eigenvalue weighted by atomic mass is 9.84. The molecule has 1 N–H and O–H groups in total. The van der Waals surface area contributed by atoms with Crippen molar-refractivity contribution < 1.29 is 8.42 Å². The Morgan fingerprint density at radius 1 is 1.18 bits per heavy atom. The van der Waals surface area contributed by atoms with Crippen molar-refractivity contribution in [2.75, 3.05) is 0 Å². The molecule has 0 amide bonds. The number of benzene rings is 1. The van der Waals surface area contributed by atoms with Gasteiger partial charge in [-0.2, -0.15) is 0 Å². The lowest BCUT2D eigenvalue weighted by Gasteiger charge is -2.28. The monoisotopic (exact) mass is 319 g/mol. The van der Waals surface area contributed by atoms with Gasteiger partial charge in [0.25, 0.3) is 0 Å². The molecular formula is C18H25NO2S. The Morgan fingerprint density at radius 3 is 2.41 bits per heavy atom. The summed E-state index contributed by atoms with van der Waals surface area (Å²) in [7, 11) is -3.49. The van der Waals surface area contributed by atoms with Crippen LogP contribution in [0.1, 0.15) is 37.7 Å². The van der Waals surface area contributed by atoms with Crippen LogP contribution in [0.5, 0.6) is 0 Å².